The highest BCUT2D eigenvalue weighted by Crippen LogP contribution is 2.39. The highest BCUT2D eigenvalue weighted by Gasteiger charge is 2.31. The fraction of sp³-hybridized carbons (Fsp3) is 0.625. The highest BCUT2D eigenvalue weighted by atomic mass is 16.5. The molecule has 1 aromatic rings. The van der Waals surface area contributed by atoms with Gasteiger partial charge in [0.05, 0.1) is 7.11 Å². The molecule has 1 aliphatic rings. The van der Waals surface area contributed by atoms with Crippen molar-refractivity contribution in [2.24, 2.45) is 5.41 Å². The van der Waals surface area contributed by atoms with Crippen molar-refractivity contribution >= 4 is 0 Å². The maximum absolute atomic E-state index is 5.32. The van der Waals surface area contributed by atoms with Gasteiger partial charge in [-0.15, -0.1) is 0 Å². The fourth-order valence-electron chi connectivity index (χ4n) is 3.31. The molecule has 1 aliphatic carbocycles. The van der Waals surface area contributed by atoms with Crippen LogP contribution in [0.5, 0.6) is 5.75 Å². The van der Waals surface area contributed by atoms with Crippen LogP contribution in [0.2, 0.25) is 0 Å². The molecule has 1 fully saturated rings. The number of rotatable bonds is 5. The molecule has 2 nitrogen and oxygen atoms in total. The van der Waals surface area contributed by atoms with E-state index in [1.807, 2.05) is 6.07 Å². The van der Waals surface area contributed by atoms with Crippen molar-refractivity contribution in [3.8, 4) is 5.75 Å². The lowest BCUT2D eigenvalue weighted by molar-refractivity contribution is 0.185. The number of hydrogen-bond acceptors (Lipinski definition) is 2. The first-order valence-electron chi connectivity index (χ1n) is 7.06. The summed E-state index contributed by atoms with van der Waals surface area (Å²) >= 11 is 0. The molecule has 1 saturated carbocycles. The van der Waals surface area contributed by atoms with Gasteiger partial charge in [0.25, 0.3) is 0 Å². The molecule has 2 rings (SSSR count). The second kappa shape index (κ2) is 6.24. The Morgan fingerprint density at radius 1 is 1.22 bits per heavy atom. The number of nitrogens with one attached hydrogen (secondary N) is 1. The van der Waals surface area contributed by atoms with Crippen molar-refractivity contribution in [3.63, 3.8) is 0 Å². The van der Waals surface area contributed by atoms with Crippen molar-refractivity contribution in [2.75, 3.05) is 20.7 Å². The first-order chi connectivity index (χ1) is 8.78. The summed E-state index contributed by atoms with van der Waals surface area (Å²) in [5, 5.41) is 3.40. The summed E-state index contributed by atoms with van der Waals surface area (Å²) in [5.74, 6) is 0.975. The zero-order valence-electron chi connectivity index (χ0n) is 11.7. The largest absolute Gasteiger partial charge is 0.497 e. The predicted octanol–water partition coefficient (Wildman–Crippen LogP) is 3.41. The molecule has 1 N–H and O–H groups in total. The summed E-state index contributed by atoms with van der Waals surface area (Å²) < 4.78 is 5.32. The van der Waals surface area contributed by atoms with Crippen LogP contribution in [0.4, 0.5) is 0 Å². The van der Waals surface area contributed by atoms with Crippen LogP contribution in [0.3, 0.4) is 0 Å². The van der Waals surface area contributed by atoms with Crippen molar-refractivity contribution in [1.29, 1.82) is 0 Å². The fourth-order valence-corrected chi connectivity index (χ4v) is 3.31. The highest BCUT2D eigenvalue weighted by molar-refractivity contribution is 5.29. The van der Waals surface area contributed by atoms with E-state index in [9.17, 15) is 0 Å². The van der Waals surface area contributed by atoms with Gasteiger partial charge in [-0.2, -0.15) is 0 Å². The van der Waals surface area contributed by atoms with Crippen LogP contribution in [-0.4, -0.2) is 20.7 Å². The topological polar surface area (TPSA) is 21.3 Å². The minimum absolute atomic E-state index is 0.458. The third-order valence-corrected chi connectivity index (χ3v) is 4.18. The zero-order chi connectivity index (χ0) is 12.8. The van der Waals surface area contributed by atoms with E-state index in [-0.39, 0.29) is 0 Å². The molecule has 2 heteroatoms. The summed E-state index contributed by atoms with van der Waals surface area (Å²) in [5.41, 5.74) is 1.87. The van der Waals surface area contributed by atoms with Crippen LogP contribution in [0.25, 0.3) is 0 Å². The Bertz CT molecular complexity index is 364. The molecule has 0 aliphatic heterocycles. The van der Waals surface area contributed by atoms with Crippen molar-refractivity contribution < 1.29 is 4.74 Å². The molecule has 0 bridgehead atoms. The van der Waals surface area contributed by atoms with Crippen LogP contribution in [0.15, 0.2) is 24.3 Å². The molecule has 0 radical (unpaired) electrons. The van der Waals surface area contributed by atoms with Crippen LogP contribution in [-0.2, 0) is 6.42 Å². The van der Waals surface area contributed by atoms with E-state index >= 15 is 0 Å². The molecule has 0 amide bonds. The van der Waals surface area contributed by atoms with Gasteiger partial charge >= 0.3 is 0 Å². The molecular formula is C16H25NO. The van der Waals surface area contributed by atoms with Crippen molar-refractivity contribution in [3.05, 3.63) is 29.8 Å². The minimum Gasteiger partial charge on any atom is -0.497 e. The summed E-state index contributed by atoms with van der Waals surface area (Å²) in [6, 6.07) is 8.54. The van der Waals surface area contributed by atoms with Gasteiger partial charge in [0, 0.05) is 6.54 Å². The van der Waals surface area contributed by atoms with Crippen molar-refractivity contribution in [1.82, 2.24) is 5.32 Å². The molecule has 0 spiro atoms. The molecule has 1 aromatic carbocycles. The molecular weight excluding hydrogens is 222 g/mol. The SMILES string of the molecule is CNCC1(Cc2cccc(OC)c2)CCCCC1. The summed E-state index contributed by atoms with van der Waals surface area (Å²) in [6.07, 6.45) is 8.04. The standard InChI is InChI=1S/C16H25NO/c1-17-13-16(9-4-3-5-10-16)12-14-7-6-8-15(11-14)18-2/h6-8,11,17H,3-5,9-10,12-13H2,1-2H3. The quantitative estimate of drug-likeness (QED) is 0.861. The molecule has 0 unspecified atom stereocenters. The lowest BCUT2D eigenvalue weighted by Crippen LogP contribution is -2.36. The summed E-state index contributed by atoms with van der Waals surface area (Å²) in [7, 11) is 3.81. The van der Waals surface area contributed by atoms with E-state index in [0.717, 1.165) is 12.3 Å². The molecule has 0 saturated heterocycles. The molecule has 100 valence electrons. The van der Waals surface area contributed by atoms with Gasteiger partial charge in [-0.3, -0.25) is 0 Å². The van der Waals surface area contributed by atoms with Crippen LogP contribution in [0, 0.1) is 5.41 Å². The first kappa shape index (κ1) is 13.4. The van der Waals surface area contributed by atoms with Gasteiger partial charge in [0.2, 0.25) is 0 Å². The summed E-state index contributed by atoms with van der Waals surface area (Å²) in [6.45, 7) is 1.13. The van der Waals surface area contributed by atoms with Gasteiger partial charge in [-0.05, 0) is 49.4 Å². The lowest BCUT2D eigenvalue weighted by Gasteiger charge is -2.37. The number of hydrogen-bond donors (Lipinski definition) is 1. The first-order valence-corrected chi connectivity index (χ1v) is 7.06. The Kier molecular flexibility index (Phi) is 4.65. The molecule has 0 atom stereocenters. The van der Waals surface area contributed by atoms with E-state index in [0.29, 0.717) is 5.41 Å². The molecule has 0 aromatic heterocycles. The number of benzene rings is 1. The van der Waals surface area contributed by atoms with Gasteiger partial charge in [0.1, 0.15) is 5.75 Å². The van der Waals surface area contributed by atoms with E-state index in [1.165, 1.54) is 44.1 Å². The number of ether oxygens (including phenoxy) is 1. The van der Waals surface area contributed by atoms with E-state index < -0.39 is 0 Å². The smallest absolute Gasteiger partial charge is 0.119 e. The monoisotopic (exact) mass is 247 g/mol. The van der Waals surface area contributed by atoms with Crippen LogP contribution in [0.1, 0.15) is 37.7 Å². The normalized spacial score (nSPS) is 18.6. The van der Waals surface area contributed by atoms with Crippen molar-refractivity contribution in [2.45, 2.75) is 38.5 Å². The third kappa shape index (κ3) is 3.26. The van der Waals surface area contributed by atoms with Crippen LogP contribution >= 0.6 is 0 Å². The maximum Gasteiger partial charge on any atom is 0.119 e. The average Bonchev–Trinajstić information content (AvgIpc) is 2.40. The lowest BCUT2D eigenvalue weighted by atomic mass is 9.70. The predicted molar refractivity (Wildman–Crippen MR) is 76.1 cm³/mol. The van der Waals surface area contributed by atoms with Gasteiger partial charge in [0.15, 0.2) is 0 Å². The van der Waals surface area contributed by atoms with E-state index in [1.54, 1.807) is 7.11 Å². The average molecular weight is 247 g/mol. The second-order valence-corrected chi connectivity index (χ2v) is 5.62. The van der Waals surface area contributed by atoms with Gasteiger partial charge in [-0.25, -0.2) is 0 Å². The minimum atomic E-state index is 0.458. The van der Waals surface area contributed by atoms with Crippen LogP contribution < -0.4 is 10.1 Å². The Morgan fingerprint density at radius 3 is 2.67 bits per heavy atom. The maximum atomic E-state index is 5.32. The zero-order valence-corrected chi connectivity index (χ0v) is 11.7. The Morgan fingerprint density at radius 2 is 2.00 bits per heavy atom. The molecule has 0 heterocycles. The number of methoxy groups -OCH3 is 1. The Hall–Kier alpha value is -1.02. The van der Waals surface area contributed by atoms with E-state index in [4.69, 9.17) is 4.74 Å². The van der Waals surface area contributed by atoms with Gasteiger partial charge in [-0.1, -0.05) is 31.4 Å². The van der Waals surface area contributed by atoms with Gasteiger partial charge < -0.3 is 10.1 Å². The summed E-state index contributed by atoms with van der Waals surface area (Å²) in [4.78, 5) is 0. The second-order valence-electron chi connectivity index (χ2n) is 5.62. The Balaban J connectivity index is 2.11. The molecule has 18 heavy (non-hydrogen) atoms. The third-order valence-electron chi connectivity index (χ3n) is 4.18. The Labute approximate surface area is 111 Å². The van der Waals surface area contributed by atoms with E-state index in [2.05, 4.69) is 30.6 Å².